The first kappa shape index (κ1) is 12.9. The molecule has 0 aliphatic carbocycles. The van der Waals surface area contributed by atoms with Gasteiger partial charge in [-0.15, -0.1) is 5.10 Å². The Kier molecular flexibility index (Phi) is 3.41. The van der Waals surface area contributed by atoms with Crippen LogP contribution in [0.4, 0.5) is 10.2 Å². The first-order valence-electron chi connectivity index (χ1n) is 5.53. The van der Waals surface area contributed by atoms with Gasteiger partial charge in [0, 0.05) is 6.92 Å². The van der Waals surface area contributed by atoms with E-state index in [1.54, 1.807) is 6.92 Å². The molecule has 2 aromatic heterocycles. The molecule has 0 spiro atoms. The number of esters is 1. The van der Waals surface area contributed by atoms with Crippen molar-refractivity contribution in [3.63, 3.8) is 0 Å². The SMILES string of the molecule is CCOC(=O)c1nc(NC(C)=O)c2ccc(F)n2n1. The zero-order chi connectivity index (χ0) is 14.0. The van der Waals surface area contributed by atoms with Crippen LogP contribution >= 0.6 is 0 Å². The zero-order valence-electron chi connectivity index (χ0n) is 10.3. The lowest BCUT2D eigenvalue weighted by atomic mass is 10.4. The second kappa shape index (κ2) is 5.01. The zero-order valence-corrected chi connectivity index (χ0v) is 10.3. The van der Waals surface area contributed by atoms with E-state index in [4.69, 9.17) is 4.74 Å². The van der Waals surface area contributed by atoms with Gasteiger partial charge in [-0.25, -0.2) is 14.3 Å². The molecule has 2 aromatic rings. The Morgan fingerprint density at radius 1 is 1.47 bits per heavy atom. The lowest BCUT2D eigenvalue weighted by molar-refractivity contribution is -0.114. The minimum absolute atomic E-state index is 0.0504. The molecule has 0 unspecified atom stereocenters. The highest BCUT2D eigenvalue weighted by Gasteiger charge is 2.17. The van der Waals surface area contributed by atoms with Gasteiger partial charge >= 0.3 is 5.97 Å². The Morgan fingerprint density at radius 2 is 2.21 bits per heavy atom. The van der Waals surface area contributed by atoms with Gasteiger partial charge in [-0.05, 0) is 19.1 Å². The molecule has 2 heterocycles. The monoisotopic (exact) mass is 266 g/mol. The molecule has 0 radical (unpaired) electrons. The highest BCUT2D eigenvalue weighted by Crippen LogP contribution is 2.16. The molecule has 8 heteroatoms. The second-order valence-corrected chi connectivity index (χ2v) is 3.64. The van der Waals surface area contributed by atoms with E-state index in [1.165, 1.54) is 13.0 Å². The Bertz CT molecular complexity index is 653. The fraction of sp³-hybridized carbons (Fsp3) is 0.273. The van der Waals surface area contributed by atoms with Gasteiger partial charge in [0.15, 0.2) is 5.82 Å². The molecule has 0 bridgehead atoms. The van der Waals surface area contributed by atoms with Crippen molar-refractivity contribution in [2.75, 3.05) is 11.9 Å². The van der Waals surface area contributed by atoms with E-state index in [-0.39, 0.29) is 23.8 Å². The molecule has 0 atom stereocenters. The summed E-state index contributed by atoms with van der Waals surface area (Å²) in [6.45, 7) is 3.05. The highest BCUT2D eigenvalue weighted by atomic mass is 19.1. The van der Waals surface area contributed by atoms with Crippen LogP contribution in [0, 0.1) is 5.95 Å². The number of nitrogens with one attached hydrogen (secondary N) is 1. The largest absolute Gasteiger partial charge is 0.460 e. The topological polar surface area (TPSA) is 85.6 Å². The lowest BCUT2D eigenvalue weighted by Gasteiger charge is -2.06. The molecule has 0 aromatic carbocycles. The predicted molar refractivity (Wildman–Crippen MR) is 63.2 cm³/mol. The van der Waals surface area contributed by atoms with Crippen LogP contribution < -0.4 is 5.32 Å². The number of ether oxygens (including phenoxy) is 1. The van der Waals surface area contributed by atoms with Crippen molar-refractivity contribution in [3.8, 4) is 0 Å². The van der Waals surface area contributed by atoms with E-state index >= 15 is 0 Å². The first-order chi connectivity index (χ1) is 9.02. The summed E-state index contributed by atoms with van der Waals surface area (Å²) in [5.74, 6) is -2.13. The molecule has 1 amide bonds. The fourth-order valence-corrected chi connectivity index (χ4v) is 1.51. The minimum atomic E-state index is -0.788. The standard InChI is InChI=1S/C11H11FN4O3/c1-3-19-11(18)10-14-9(13-6(2)17)7-4-5-8(12)16(7)15-10/h4-5H,3H2,1-2H3,(H,13,14,15,17). The third-order valence-corrected chi connectivity index (χ3v) is 2.22. The van der Waals surface area contributed by atoms with Gasteiger partial charge in [0.1, 0.15) is 5.52 Å². The van der Waals surface area contributed by atoms with Crippen LogP contribution in [-0.2, 0) is 9.53 Å². The van der Waals surface area contributed by atoms with Gasteiger partial charge in [-0.1, -0.05) is 0 Å². The molecule has 19 heavy (non-hydrogen) atoms. The minimum Gasteiger partial charge on any atom is -0.460 e. The molecule has 0 aliphatic heterocycles. The van der Waals surface area contributed by atoms with E-state index in [0.717, 1.165) is 10.6 Å². The molecule has 2 rings (SSSR count). The Morgan fingerprint density at radius 3 is 2.84 bits per heavy atom. The number of aromatic nitrogens is 3. The van der Waals surface area contributed by atoms with Gasteiger partial charge in [0.05, 0.1) is 6.61 Å². The average Bonchev–Trinajstić information content (AvgIpc) is 2.71. The number of hydrogen-bond donors (Lipinski definition) is 1. The summed E-state index contributed by atoms with van der Waals surface area (Å²) in [6, 6.07) is 2.56. The number of amides is 1. The molecule has 1 N–H and O–H groups in total. The van der Waals surface area contributed by atoms with Gasteiger partial charge in [0.25, 0.3) is 5.82 Å². The molecule has 100 valence electrons. The summed E-state index contributed by atoms with van der Waals surface area (Å²) in [4.78, 5) is 26.5. The van der Waals surface area contributed by atoms with Gasteiger partial charge in [0.2, 0.25) is 11.9 Å². The summed E-state index contributed by atoms with van der Waals surface area (Å²) in [5, 5.41) is 6.14. The number of anilines is 1. The maximum atomic E-state index is 13.5. The van der Waals surface area contributed by atoms with Gasteiger partial charge in [-0.2, -0.15) is 4.39 Å². The third-order valence-electron chi connectivity index (χ3n) is 2.22. The number of hydrogen-bond acceptors (Lipinski definition) is 5. The molecular formula is C11H11FN4O3. The van der Waals surface area contributed by atoms with E-state index in [1.807, 2.05) is 0 Å². The molecule has 0 saturated heterocycles. The smallest absolute Gasteiger partial charge is 0.378 e. The number of fused-ring (bicyclic) bond motifs is 1. The number of nitrogens with zero attached hydrogens (tertiary/aromatic N) is 3. The van der Waals surface area contributed by atoms with Crippen molar-refractivity contribution in [2.24, 2.45) is 0 Å². The fourth-order valence-electron chi connectivity index (χ4n) is 1.51. The Hall–Kier alpha value is -2.51. The van der Waals surface area contributed by atoms with E-state index < -0.39 is 17.8 Å². The molecular weight excluding hydrogens is 255 g/mol. The molecule has 0 fully saturated rings. The maximum absolute atomic E-state index is 13.5. The van der Waals surface area contributed by atoms with Crippen LogP contribution in [0.1, 0.15) is 24.5 Å². The first-order valence-corrected chi connectivity index (χ1v) is 5.53. The predicted octanol–water partition coefficient (Wildman–Crippen LogP) is 1.00. The van der Waals surface area contributed by atoms with Gasteiger partial charge in [-0.3, -0.25) is 4.79 Å². The average molecular weight is 266 g/mol. The summed E-state index contributed by atoms with van der Waals surface area (Å²) < 4.78 is 19.1. The number of rotatable bonds is 3. The van der Waals surface area contributed by atoms with Crippen molar-refractivity contribution >= 4 is 23.2 Å². The van der Waals surface area contributed by atoms with Crippen LogP contribution in [0.15, 0.2) is 12.1 Å². The van der Waals surface area contributed by atoms with Crippen LogP contribution in [0.5, 0.6) is 0 Å². The highest BCUT2D eigenvalue weighted by molar-refractivity contribution is 5.93. The lowest BCUT2D eigenvalue weighted by Crippen LogP contribution is -2.17. The van der Waals surface area contributed by atoms with Crippen molar-refractivity contribution in [2.45, 2.75) is 13.8 Å². The molecule has 0 saturated carbocycles. The van der Waals surface area contributed by atoms with Crippen LogP contribution in [-0.4, -0.2) is 33.1 Å². The van der Waals surface area contributed by atoms with Crippen molar-refractivity contribution in [1.29, 1.82) is 0 Å². The van der Waals surface area contributed by atoms with Crippen molar-refractivity contribution < 1.29 is 18.7 Å². The van der Waals surface area contributed by atoms with Crippen molar-refractivity contribution in [1.82, 2.24) is 14.6 Å². The summed E-state index contributed by atoms with van der Waals surface area (Å²) in [7, 11) is 0. The Balaban J connectivity index is 2.57. The third kappa shape index (κ3) is 2.51. The maximum Gasteiger partial charge on any atom is 0.378 e. The normalized spacial score (nSPS) is 10.5. The summed E-state index contributed by atoms with van der Waals surface area (Å²) >= 11 is 0. The second-order valence-electron chi connectivity index (χ2n) is 3.64. The molecule has 0 aliphatic rings. The van der Waals surface area contributed by atoms with E-state index in [9.17, 15) is 14.0 Å². The van der Waals surface area contributed by atoms with E-state index in [0.29, 0.717) is 0 Å². The quantitative estimate of drug-likeness (QED) is 0.838. The number of carbonyl (C=O) groups is 2. The van der Waals surface area contributed by atoms with Crippen molar-refractivity contribution in [3.05, 3.63) is 23.9 Å². The number of halogens is 1. The van der Waals surface area contributed by atoms with Gasteiger partial charge < -0.3 is 10.1 Å². The van der Waals surface area contributed by atoms with Crippen LogP contribution in [0.25, 0.3) is 5.52 Å². The summed E-state index contributed by atoms with van der Waals surface area (Å²) in [5.41, 5.74) is 0.251. The Labute approximate surface area is 107 Å². The number of carbonyl (C=O) groups excluding carboxylic acids is 2. The van der Waals surface area contributed by atoms with E-state index in [2.05, 4.69) is 15.4 Å². The summed E-state index contributed by atoms with van der Waals surface area (Å²) in [6.07, 6.45) is 0. The van der Waals surface area contributed by atoms with Crippen LogP contribution in [0.2, 0.25) is 0 Å². The van der Waals surface area contributed by atoms with Crippen LogP contribution in [0.3, 0.4) is 0 Å². The molecule has 7 nitrogen and oxygen atoms in total.